The van der Waals surface area contributed by atoms with Crippen LogP contribution in [0.15, 0.2) is 22.8 Å². The Morgan fingerprint density at radius 1 is 1.41 bits per heavy atom. The lowest BCUT2D eigenvalue weighted by Crippen LogP contribution is -2.41. The third kappa shape index (κ3) is 2.58. The monoisotopic (exact) mass is 300 g/mol. The van der Waals surface area contributed by atoms with Crippen LogP contribution in [-0.2, 0) is 16.0 Å². The van der Waals surface area contributed by atoms with E-state index in [0.29, 0.717) is 13.0 Å². The summed E-state index contributed by atoms with van der Waals surface area (Å²) in [6, 6.07) is 3.66. The number of fused-ring (bicyclic) bond motifs is 1. The molecule has 1 atom stereocenters. The van der Waals surface area contributed by atoms with Crippen molar-refractivity contribution in [3.63, 3.8) is 0 Å². The zero-order chi connectivity index (χ0) is 15.9. The van der Waals surface area contributed by atoms with Crippen molar-refractivity contribution in [2.45, 2.75) is 32.7 Å². The molecule has 0 radical (unpaired) electrons. The molecular weight excluding hydrogens is 280 g/mol. The molecule has 5 nitrogen and oxygen atoms in total. The summed E-state index contributed by atoms with van der Waals surface area (Å²) in [6.07, 6.45) is 2.54. The first-order chi connectivity index (χ1) is 10.5. The van der Waals surface area contributed by atoms with Crippen LogP contribution in [0.25, 0.3) is 11.0 Å². The van der Waals surface area contributed by atoms with Crippen molar-refractivity contribution >= 4 is 22.8 Å². The molecule has 0 saturated carbocycles. The van der Waals surface area contributed by atoms with Crippen LogP contribution in [0.1, 0.15) is 23.1 Å². The molecule has 0 aliphatic carbocycles. The zero-order valence-corrected chi connectivity index (χ0v) is 13.1. The maximum atomic E-state index is 12.2. The molecule has 1 unspecified atom stereocenters. The molecule has 1 saturated heterocycles. The Bertz CT molecular complexity index is 748. The summed E-state index contributed by atoms with van der Waals surface area (Å²) in [5, 5.41) is 3.82. The van der Waals surface area contributed by atoms with Crippen LogP contribution >= 0.6 is 0 Å². The average molecular weight is 300 g/mol. The third-order valence-corrected chi connectivity index (χ3v) is 4.21. The number of hydrogen-bond acceptors (Lipinski definition) is 3. The number of aryl methyl sites for hydroxylation is 2. The predicted octanol–water partition coefficient (Wildman–Crippen LogP) is 1.94. The number of benzene rings is 1. The SMILES string of the molecule is Cc1cc(C)c2c(CC(=O)NC3CCN(C)C3=O)coc2c1. The first-order valence-electron chi connectivity index (χ1n) is 7.47. The fourth-order valence-corrected chi connectivity index (χ4v) is 3.13. The molecule has 3 rings (SSSR count). The molecule has 116 valence electrons. The molecule has 5 heteroatoms. The summed E-state index contributed by atoms with van der Waals surface area (Å²) < 4.78 is 5.56. The smallest absolute Gasteiger partial charge is 0.244 e. The van der Waals surface area contributed by atoms with Gasteiger partial charge in [0.25, 0.3) is 0 Å². The van der Waals surface area contributed by atoms with Gasteiger partial charge in [0.2, 0.25) is 11.8 Å². The number of nitrogens with one attached hydrogen (secondary N) is 1. The van der Waals surface area contributed by atoms with Crippen molar-refractivity contribution in [2.75, 3.05) is 13.6 Å². The van der Waals surface area contributed by atoms with Crippen LogP contribution in [0.5, 0.6) is 0 Å². The molecule has 1 aromatic heterocycles. The lowest BCUT2D eigenvalue weighted by Gasteiger charge is -2.12. The summed E-state index contributed by atoms with van der Waals surface area (Å²) in [4.78, 5) is 25.7. The van der Waals surface area contributed by atoms with E-state index in [1.165, 1.54) is 0 Å². The number of amides is 2. The van der Waals surface area contributed by atoms with Crippen LogP contribution < -0.4 is 5.32 Å². The number of furan rings is 1. The normalized spacial score (nSPS) is 18.2. The molecule has 2 aromatic rings. The molecule has 1 aliphatic heterocycles. The highest BCUT2D eigenvalue weighted by Gasteiger charge is 2.30. The van der Waals surface area contributed by atoms with Gasteiger partial charge in [-0.3, -0.25) is 9.59 Å². The van der Waals surface area contributed by atoms with Gasteiger partial charge in [-0.15, -0.1) is 0 Å². The van der Waals surface area contributed by atoms with Crippen LogP contribution in [0, 0.1) is 13.8 Å². The molecule has 1 fully saturated rings. The number of hydrogen-bond donors (Lipinski definition) is 1. The molecule has 1 N–H and O–H groups in total. The van der Waals surface area contributed by atoms with E-state index in [9.17, 15) is 9.59 Å². The lowest BCUT2D eigenvalue weighted by atomic mass is 10.0. The minimum Gasteiger partial charge on any atom is -0.464 e. The van der Waals surface area contributed by atoms with E-state index in [1.54, 1.807) is 18.2 Å². The summed E-state index contributed by atoms with van der Waals surface area (Å²) >= 11 is 0. The third-order valence-electron chi connectivity index (χ3n) is 4.21. The quantitative estimate of drug-likeness (QED) is 0.942. The van der Waals surface area contributed by atoms with Gasteiger partial charge in [0.1, 0.15) is 11.6 Å². The highest BCUT2D eigenvalue weighted by Crippen LogP contribution is 2.26. The van der Waals surface area contributed by atoms with Gasteiger partial charge in [0.15, 0.2) is 0 Å². The van der Waals surface area contributed by atoms with E-state index in [1.807, 2.05) is 19.9 Å². The largest absolute Gasteiger partial charge is 0.464 e. The molecular formula is C17H20N2O3. The van der Waals surface area contributed by atoms with E-state index in [2.05, 4.69) is 11.4 Å². The van der Waals surface area contributed by atoms with Gasteiger partial charge in [-0.25, -0.2) is 0 Å². The fourth-order valence-electron chi connectivity index (χ4n) is 3.13. The van der Waals surface area contributed by atoms with Crippen molar-refractivity contribution in [3.05, 3.63) is 35.1 Å². The molecule has 1 aromatic carbocycles. The Labute approximate surface area is 129 Å². The standard InChI is InChI=1S/C17H20N2O3/c1-10-6-11(2)16-12(9-22-14(16)7-10)8-15(20)18-13-4-5-19(3)17(13)21/h6-7,9,13H,4-5,8H2,1-3H3,(H,18,20). The summed E-state index contributed by atoms with van der Waals surface area (Å²) in [5.41, 5.74) is 3.90. The van der Waals surface area contributed by atoms with Crippen molar-refractivity contribution in [1.82, 2.24) is 10.2 Å². The van der Waals surface area contributed by atoms with Crippen LogP contribution in [0.4, 0.5) is 0 Å². The van der Waals surface area contributed by atoms with E-state index in [-0.39, 0.29) is 24.3 Å². The molecule has 0 bridgehead atoms. The first kappa shape index (κ1) is 14.6. The molecule has 2 heterocycles. The van der Waals surface area contributed by atoms with Gasteiger partial charge in [0.05, 0.1) is 12.7 Å². The number of nitrogens with zero attached hydrogens (tertiary/aromatic N) is 1. The van der Waals surface area contributed by atoms with Crippen molar-refractivity contribution < 1.29 is 14.0 Å². The van der Waals surface area contributed by atoms with Gasteiger partial charge in [-0.2, -0.15) is 0 Å². The molecule has 1 aliphatic rings. The predicted molar refractivity (Wildman–Crippen MR) is 83.6 cm³/mol. The second-order valence-electron chi connectivity index (χ2n) is 6.06. The number of carbonyl (C=O) groups is 2. The fraction of sp³-hybridized carbons (Fsp3) is 0.412. The summed E-state index contributed by atoms with van der Waals surface area (Å²) in [7, 11) is 1.75. The van der Waals surface area contributed by atoms with Crippen LogP contribution in [-0.4, -0.2) is 36.3 Å². The van der Waals surface area contributed by atoms with Gasteiger partial charge in [-0.05, 0) is 37.5 Å². The maximum absolute atomic E-state index is 12.2. The number of likely N-dealkylation sites (N-methyl/N-ethyl adjacent to an activating group) is 1. The molecule has 22 heavy (non-hydrogen) atoms. The average Bonchev–Trinajstić information content (AvgIpc) is 2.97. The van der Waals surface area contributed by atoms with E-state index in [0.717, 1.165) is 27.7 Å². The van der Waals surface area contributed by atoms with E-state index in [4.69, 9.17) is 4.42 Å². The Hall–Kier alpha value is -2.30. The second kappa shape index (κ2) is 5.48. The van der Waals surface area contributed by atoms with Gasteiger partial charge >= 0.3 is 0 Å². The minimum atomic E-state index is -0.390. The molecule has 2 amide bonds. The Kier molecular flexibility index (Phi) is 3.64. The zero-order valence-electron chi connectivity index (χ0n) is 13.1. The highest BCUT2D eigenvalue weighted by molar-refractivity contribution is 5.93. The summed E-state index contributed by atoms with van der Waals surface area (Å²) in [6.45, 7) is 4.72. The Morgan fingerprint density at radius 3 is 2.86 bits per heavy atom. The second-order valence-corrected chi connectivity index (χ2v) is 6.06. The van der Waals surface area contributed by atoms with Gasteiger partial charge in [0, 0.05) is 24.5 Å². The van der Waals surface area contributed by atoms with Crippen LogP contribution in [0.2, 0.25) is 0 Å². The Balaban J connectivity index is 1.76. The van der Waals surface area contributed by atoms with Gasteiger partial charge in [-0.1, -0.05) is 6.07 Å². The van der Waals surface area contributed by atoms with Crippen molar-refractivity contribution in [2.24, 2.45) is 0 Å². The summed E-state index contributed by atoms with van der Waals surface area (Å²) in [5.74, 6) is -0.159. The van der Waals surface area contributed by atoms with Crippen LogP contribution in [0.3, 0.4) is 0 Å². The van der Waals surface area contributed by atoms with Crippen molar-refractivity contribution in [3.8, 4) is 0 Å². The highest BCUT2D eigenvalue weighted by atomic mass is 16.3. The molecule has 0 spiro atoms. The minimum absolute atomic E-state index is 0.0165. The topological polar surface area (TPSA) is 62.6 Å². The number of rotatable bonds is 3. The number of likely N-dealkylation sites (tertiary alicyclic amines) is 1. The van der Waals surface area contributed by atoms with E-state index >= 15 is 0 Å². The van der Waals surface area contributed by atoms with Crippen molar-refractivity contribution in [1.29, 1.82) is 0 Å². The lowest BCUT2D eigenvalue weighted by molar-refractivity contribution is -0.131. The Morgan fingerprint density at radius 2 is 2.18 bits per heavy atom. The van der Waals surface area contributed by atoms with Gasteiger partial charge < -0.3 is 14.6 Å². The first-order valence-corrected chi connectivity index (χ1v) is 7.47. The maximum Gasteiger partial charge on any atom is 0.244 e. The number of carbonyl (C=O) groups excluding carboxylic acids is 2. The van der Waals surface area contributed by atoms with E-state index < -0.39 is 0 Å².